The number of pyridine rings is 1. The molecule has 0 fully saturated rings. The molecule has 1 heterocycles. The molecule has 19 heavy (non-hydrogen) atoms. The maximum absolute atomic E-state index is 4.65. The molecule has 0 radical (unpaired) electrons. The van der Waals surface area contributed by atoms with E-state index in [1.165, 1.54) is 11.1 Å². The van der Waals surface area contributed by atoms with Gasteiger partial charge in [-0.15, -0.1) is 0 Å². The van der Waals surface area contributed by atoms with Crippen LogP contribution >= 0.6 is 0 Å². The predicted molar refractivity (Wildman–Crippen MR) is 83.7 cm³/mol. The van der Waals surface area contributed by atoms with E-state index in [0.29, 0.717) is 6.04 Å². The first-order valence-electron chi connectivity index (χ1n) is 7.16. The molecule has 0 aromatic carbocycles. The van der Waals surface area contributed by atoms with E-state index in [1.54, 1.807) is 0 Å². The van der Waals surface area contributed by atoms with E-state index in [-0.39, 0.29) is 5.41 Å². The van der Waals surface area contributed by atoms with Gasteiger partial charge in [0.15, 0.2) is 0 Å². The lowest BCUT2D eigenvalue weighted by molar-refractivity contribution is 0.328. The molecule has 0 bridgehead atoms. The van der Waals surface area contributed by atoms with Crippen molar-refractivity contribution in [1.82, 2.24) is 10.3 Å². The van der Waals surface area contributed by atoms with Crippen molar-refractivity contribution in [2.45, 2.75) is 54.1 Å². The number of hydrogen-bond acceptors (Lipinski definition) is 3. The summed E-state index contributed by atoms with van der Waals surface area (Å²) in [6, 6.07) is 2.68. The Kier molecular flexibility index (Phi) is 5.36. The molecule has 1 rings (SSSR count). The number of nitrogens with one attached hydrogen (secondary N) is 1. The standard InChI is InChI=1S/C16H29N3/c1-8-17-10-14-9-12(2)15(18-11-14)19(7)13(3)16(4,5)6/h9,11,13,17H,8,10H2,1-7H3. The molecule has 3 nitrogen and oxygen atoms in total. The van der Waals surface area contributed by atoms with Gasteiger partial charge in [-0.1, -0.05) is 27.7 Å². The molecule has 0 aliphatic heterocycles. The van der Waals surface area contributed by atoms with Crippen molar-refractivity contribution in [1.29, 1.82) is 0 Å². The maximum Gasteiger partial charge on any atom is 0.131 e. The Morgan fingerprint density at radius 2 is 2.00 bits per heavy atom. The van der Waals surface area contributed by atoms with Crippen molar-refractivity contribution in [3.63, 3.8) is 0 Å². The summed E-state index contributed by atoms with van der Waals surface area (Å²) in [6.07, 6.45) is 1.98. The van der Waals surface area contributed by atoms with E-state index < -0.39 is 0 Å². The molecule has 0 amide bonds. The zero-order valence-corrected chi connectivity index (χ0v) is 13.5. The van der Waals surface area contributed by atoms with Crippen molar-refractivity contribution in [3.8, 4) is 0 Å². The second kappa shape index (κ2) is 6.38. The third kappa shape index (κ3) is 4.20. The molecule has 0 saturated heterocycles. The van der Waals surface area contributed by atoms with Crippen molar-refractivity contribution in [3.05, 3.63) is 23.4 Å². The van der Waals surface area contributed by atoms with E-state index in [9.17, 15) is 0 Å². The van der Waals surface area contributed by atoms with Crippen LogP contribution in [0.2, 0.25) is 0 Å². The molecule has 1 aromatic rings. The third-order valence-corrected chi connectivity index (χ3v) is 3.85. The minimum atomic E-state index is 0.241. The highest BCUT2D eigenvalue weighted by atomic mass is 15.2. The van der Waals surface area contributed by atoms with Crippen LogP contribution in [0.4, 0.5) is 5.82 Å². The Balaban J connectivity index is 2.90. The molecule has 1 unspecified atom stereocenters. The molecule has 1 N–H and O–H groups in total. The molecule has 0 aliphatic carbocycles. The first-order chi connectivity index (χ1) is 8.77. The summed E-state index contributed by atoms with van der Waals surface area (Å²) in [6.45, 7) is 15.2. The molecule has 0 saturated carbocycles. The second-order valence-corrected chi connectivity index (χ2v) is 6.42. The zero-order valence-electron chi connectivity index (χ0n) is 13.5. The monoisotopic (exact) mass is 263 g/mol. The number of aromatic nitrogens is 1. The van der Waals surface area contributed by atoms with Crippen molar-refractivity contribution >= 4 is 5.82 Å². The molecular weight excluding hydrogens is 234 g/mol. The topological polar surface area (TPSA) is 28.2 Å². The lowest BCUT2D eigenvalue weighted by Crippen LogP contribution is -2.40. The van der Waals surface area contributed by atoms with Crippen LogP contribution in [0.5, 0.6) is 0 Å². The molecule has 108 valence electrons. The van der Waals surface area contributed by atoms with Crippen LogP contribution in [0.1, 0.15) is 45.7 Å². The Labute approximate surface area is 118 Å². The van der Waals surface area contributed by atoms with Crippen molar-refractivity contribution < 1.29 is 0 Å². The molecule has 0 aliphatic rings. The minimum Gasteiger partial charge on any atom is -0.356 e. The number of nitrogens with zero attached hydrogens (tertiary/aromatic N) is 2. The van der Waals surface area contributed by atoms with E-state index in [0.717, 1.165) is 18.9 Å². The van der Waals surface area contributed by atoms with Crippen LogP contribution in [-0.4, -0.2) is 24.6 Å². The summed E-state index contributed by atoms with van der Waals surface area (Å²) in [5, 5.41) is 3.33. The van der Waals surface area contributed by atoms with Gasteiger partial charge in [-0.05, 0) is 43.0 Å². The number of aryl methyl sites for hydroxylation is 1. The predicted octanol–water partition coefficient (Wildman–Crippen LogP) is 3.37. The largest absolute Gasteiger partial charge is 0.356 e. The van der Waals surface area contributed by atoms with Gasteiger partial charge in [0.05, 0.1) is 0 Å². The normalized spacial score (nSPS) is 13.4. The average molecular weight is 263 g/mol. The van der Waals surface area contributed by atoms with Gasteiger partial charge in [-0.2, -0.15) is 0 Å². The fourth-order valence-corrected chi connectivity index (χ4v) is 2.13. The van der Waals surface area contributed by atoms with E-state index in [4.69, 9.17) is 0 Å². The van der Waals surface area contributed by atoms with Crippen LogP contribution in [0.3, 0.4) is 0 Å². The van der Waals surface area contributed by atoms with Crippen molar-refractivity contribution in [2.75, 3.05) is 18.5 Å². The summed E-state index contributed by atoms with van der Waals surface area (Å²) in [5.41, 5.74) is 2.74. The fourth-order valence-electron chi connectivity index (χ4n) is 2.13. The average Bonchev–Trinajstić information content (AvgIpc) is 2.33. The Hall–Kier alpha value is -1.09. The molecular formula is C16H29N3. The minimum absolute atomic E-state index is 0.241. The smallest absolute Gasteiger partial charge is 0.131 e. The van der Waals surface area contributed by atoms with Crippen molar-refractivity contribution in [2.24, 2.45) is 5.41 Å². The zero-order chi connectivity index (χ0) is 14.6. The summed E-state index contributed by atoms with van der Waals surface area (Å²) < 4.78 is 0. The van der Waals surface area contributed by atoms with Gasteiger partial charge in [0.25, 0.3) is 0 Å². The Morgan fingerprint density at radius 1 is 1.37 bits per heavy atom. The van der Waals surface area contributed by atoms with Crippen LogP contribution < -0.4 is 10.2 Å². The van der Waals surface area contributed by atoms with Gasteiger partial charge in [-0.25, -0.2) is 4.98 Å². The van der Waals surface area contributed by atoms with Crippen LogP contribution in [0.25, 0.3) is 0 Å². The van der Waals surface area contributed by atoms with Gasteiger partial charge in [-0.3, -0.25) is 0 Å². The lowest BCUT2D eigenvalue weighted by atomic mass is 9.87. The first kappa shape index (κ1) is 16.0. The lowest BCUT2D eigenvalue weighted by Gasteiger charge is -2.36. The van der Waals surface area contributed by atoms with Gasteiger partial charge >= 0.3 is 0 Å². The highest BCUT2D eigenvalue weighted by Crippen LogP contribution is 2.28. The van der Waals surface area contributed by atoms with Gasteiger partial charge in [0, 0.05) is 25.8 Å². The molecule has 0 spiro atoms. The van der Waals surface area contributed by atoms with E-state index >= 15 is 0 Å². The highest BCUT2D eigenvalue weighted by Gasteiger charge is 2.25. The van der Waals surface area contributed by atoms with Crippen LogP contribution in [0.15, 0.2) is 12.3 Å². The molecule has 1 aromatic heterocycles. The van der Waals surface area contributed by atoms with Gasteiger partial charge in [0.1, 0.15) is 5.82 Å². The summed E-state index contributed by atoms with van der Waals surface area (Å²) in [4.78, 5) is 6.94. The third-order valence-electron chi connectivity index (χ3n) is 3.85. The van der Waals surface area contributed by atoms with E-state index in [1.807, 2.05) is 6.20 Å². The first-order valence-corrected chi connectivity index (χ1v) is 7.16. The molecule has 3 heteroatoms. The number of hydrogen-bond donors (Lipinski definition) is 1. The van der Waals surface area contributed by atoms with Gasteiger partial charge in [0.2, 0.25) is 0 Å². The fraction of sp³-hybridized carbons (Fsp3) is 0.688. The van der Waals surface area contributed by atoms with Crippen LogP contribution in [-0.2, 0) is 6.54 Å². The SMILES string of the molecule is CCNCc1cnc(N(C)C(C)C(C)(C)C)c(C)c1. The summed E-state index contributed by atoms with van der Waals surface area (Å²) >= 11 is 0. The summed E-state index contributed by atoms with van der Waals surface area (Å²) in [5.74, 6) is 1.09. The van der Waals surface area contributed by atoms with Gasteiger partial charge < -0.3 is 10.2 Å². The number of rotatable bonds is 5. The maximum atomic E-state index is 4.65. The highest BCUT2D eigenvalue weighted by molar-refractivity contribution is 5.47. The quantitative estimate of drug-likeness (QED) is 0.883. The Morgan fingerprint density at radius 3 is 2.47 bits per heavy atom. The second-order valence-electron chi connectivity index (χ2n) is 6.42. The Bertz CT molecular complexity index is 407. The van der Waals surface area contributed by atoms with E-state index in [2.05, 4.69) is 69.9 Å². The summed E-state index contributed by atoms with van der Waals surface area (Å²) in [7, 11) is 2.13. The van der Waals surface area contributed by atoms with Crippen LogP contribution in [0, 0.1) is 12.3 Å². The number of anilines is 1. The molecule has 1 atom stereocenters.